The molecule has 0 bridgehead atoms. The van der Waals surface area contributed by atoms with Gasteiger partial charge in [0.2, 0.25) is 11.8 Å². The number of fused-ring (bicyclic) bond motifs is 3. The first-order valence-electron chi connectivity index (χ1n) is 12.4. The predicted octanol–water partition coefficient (Wildman–Crippen LogP) is 4.98. The molecule has 3 amide bonds. The number of aromatic nitrogens is 1. The van der Waals surface area contributed by atoms with E-state index in [0.29, 0.717) is 27.7 Å². The molecule has 5 rings (SSSR count). The van der Waals surface area contributed by atoms with E-state index in [1.54, 1.807) is 25.2 Å². The van der Waals surface area contributed by atoms with Crippen LogP contribution in [0.2, 0.25) is 10.0 Å². The Morgan fingerprint density at radius 3 is 2.68 bits per heavy atom. The third-order valence-electron chi connectivity index (χ3n) is 7.60. The highest BCUT2D eigenvalue weighted by Gasteiger charge is 2.56. The maximum absolute atomic E-state index is 14.1. The molecular formula is C28H27Cl2N5O3. The second-order valence-corrected chi connectivity index (χ2v) is 11.3. The SMILES string of the molecule is CC(C)C[C@@H](C(=O)N1C[C@]2(CC1C#N)C(=O)Nc1ccccc12)N(C)C(=O)c1cc2ccc(Cl)c(Cl)c2[nH]1. The lowest BCUT2D eigenvalue weighted by Crippen LogP contribution is -2.52. The van der Waals surface area contributed by atoms with Gasteiger partial charge in [-0.3, -0.25) is 14.4 Å². The number of rotatable bonds is 5. The number of amides is 3. The molecule has 3 atom stereocenters. The van der Waals surface area contributed by atoms with Crippen molar-refractivity contribution >= 4 is 57.5 Å². The molecule has 1 saturated heterocycles. The summed E-state index contributed by atoms with van der Waals surface area (Å²) in [4.78, 5) is 46.7. The number of carbonyl (C=O) groups excluding carboxylic acids is 3. The van der Waals surface area contributed by atoms with Crippen LogP contribution >= 0.6 is 23.2 Å². The minimum absolute atomic E-state index is 0.0734. The molecule has 1 unspecified atom stereocenters. The molecule has 8 nitrogen and oxygen atoms in total. The summed E-state index contributed by atoms with van der Waals surface area (Å²) < 4.78 is 0. The van der Waals surface area contributed by atoms with Crippen LogP contribution in [0.1, 0.15) is 42.7 Å². The molecule has 1 aromatic heterocycles. The number of hydrogen-bond acceptors (Lipinski definition) is 4. The minimum Gasteiger partial charge on any atom is -0.349 e. The van der Waals surface area contributed by atoms with Crippen molar-refractivity contribution in [1.29, 1.82) is 5.26 Å². The standard InChI is InChI=1S/C28H27Cl2N5O3/c1-15(2)10-22(34(3)25(36)21-11-16-8-9-19(29)23(30)24(16)32-21)26(37)35-14-28(12-17(35)13-31)18-6-4-5-7-20(18)33-27(28)38/h4-9,11,15,17,22,32H,10,12,14H2,1-3H3,(H,33,38)/t17?,22-,28-/m0/s1. The number of likely N-dealkylation sites (N-methyl/N-ethyl adjacent to an activating group) is 1. The summed E-state index contributed by atoms with van der Waals surface area (Å²) in [5, 5.41) is 14.3. The quantitative estimate of drug-likeness (QED) is 0.466. The molecule has 38 heavy (non-hydrogen) atoms. The fourth-order valence-electron chi connectivity index (χ4n) is 5.63. The van der Waals surface area contributed by atoms with Crippen molar-refractivity contribution in [2.24, 2.45) is 5.92 Å². The lowest BCUT2D eigenvalue weighted by molar-refractivity contribution is -0.136. The first-order chi connectivity index (χ1) is 18.1. The van der Waals surface area contributed by atoms with E-state index in [2.05, 4.69) is 16.4 Å². The van der Waals surface area contributed by atoms with E-state index in [1.807, 2.05) is 38.1 Å². The van der Waals surface area contributed by atoms with Gasteiger partial charge in [0.25, 0.3) is 5.91 Å². The Morgan fingerprint density at radius 1 is 1.24 bits per heavy atom. The van der Waals surface area contributed by atoms with Crippen LogP contribution in [0.3, 0.4) is 0 Å². The second-order valence-electron chi connectivity index (χ2n) is 10.5. The number of nitriles is 1. The van der Waals surface area contributed by atoms with Gasteiger partial charge in [0.05, 0.1) is 27.0 Å². The summed E-state index contributed by atoms with van der Waals surface area (Å²) in [5.41, 5.74) is 1.31. The number of likely N-dealkylation sites (tertiary alicyclic amines) is 1. The van der Waals surface area contributed by atoms with Gasteiger partial charge >= 0.3 is 0 Å². The van der Waals surface area contributed by atoms with E-state index in [-0.39, 0.29) is 36.4 Å². The zero-order chi connectivity index (χ0) is 27.4. The number of nitrogens with one attached hydrogen (secondary N) is 2. The molecule has 1 spiro atoms. The maximum Gasteiger partial charge on any atom is 0.270 e. The Kier molecular flexibility index (Phi) is 6.62. The van der Waals surface area contributed by atoms with Gasteiger partial charge in [0.1, 0.15) is 17.8 Å². The van der Waals surface area contributed by atoms with E-state index in [9.17, 15) is 19.6 Å². The third kappa shape index (κ3) is 4.11. The summed E-state index contributed by atoms with van der Waals surface area (Å²) in [6, 6.07) is 13.1. The second kappa shape index (κ2) is 9.64. The lowest BCUT2D eigenvalue weighted by Gasteiger charge is -2.33. The number of aromatic amines is 1. The third-order valence-corrected chi connectivity index (χ3v) is 8.40. The topological polar surface area (TPSA) is 109 Å². The molecule has 1 fully saturated rings. The molecule has 2 N–H and O–H groups in total. The summed E-state index contributed by atoms with van der Waals surface area (Å²) >= 11 is 12.4. The van der Waals surface area contributed by atoms with Gasteiger partial charge < -0.3 is 20.1 Å². The summed E-state index contributed by atoms with van der Waals surface area (Å²) in [6.07, 6.45) is 0.587. The number of anilines is 1. The van der Waals surface area contributed by atoms with Crippen molar-refractivity contribution in [2.45, 2.75) is 44.2 Å². The van der Waals surface area contributed by atoms with Gasteiger partial charge in [0, 0.05) is 31.1 Å². The normalized spacial score (nSPS) is 21.0. The monoisotopic (exact) mass is 551 g/mol. The Labute approximate surface area is 230 Å². The molecule has 0 radical (unpaired) electrons. The zero-order valence-corrected chi connectivity index (χ0v) is 22.7. The van der Waals surface area contributed by atoms with E-state index in [1.165, 1.54) is 9.80 Å². The molecule has 3 heterocycles. The molecule has 2 aliphatic heterocycles. The summed E-state index contributed by atoms with van der Waals surface area (Å²) in [5.74, 6) is -0.874. The molecule has 2 aliphatic rings. The van der Waals surface area contributed by atoms with Crippen molar-refractivity contribution in [3.8, 4) is 6.07 Å². The maximum atomic E-state index is 14.1. The zero-order valence-electron chi connectivity index (χ0n) is 21.2. The average molecular weight is 552 g/mol. The molecule has 0 saturated carbocycles. The number of benzene rings is 2. The van der Waals surface area contributed by atoms with Crippen LogP contribution in [0.15, 0.2) is 42.5 Å². The smallest absolute Gasteiger partial charge is 0.270 e. The number of carbonyl (C=O) groups is 3. The van der Waals surface area contributed by atoms with Crippen LogP contribution in [-0.2, 0) is 15.0 Å². The summed E-state index contributed by atoms with van der Waals surface area (Å²) in [6.45, 7) is 4.01. The van der Waals surface area contributed by atoms with Crippen LogP contribution in [0.25, 0.3) is 10.9 Å². The Morgan fingerprint density at radius 2 is 1.97 bits per heavy atom. The van der Waals surface area contributed by atoms with Gasteiger partial charge in [-0.05, 0) is 36.1 Å². The number of H-pyrrole nitrogens is 1. The molecule has 0 aliphatic carbocycles. The van der Waals surface area contributed by atoms with Crippen molar-refractivity contribution in [3.63, 3.8) is 0 Å². The van der Waals surface area contributed by atoms with Gasteiger partial charge in [-0.15, -0.1) is 0 Å². The fraction of sp³-hybridized carbons (Fsp3) is 0.357. The first kappa shape index (κ1) is 26.1. The highest BCUT2D eigenvalue weighted by Crippen LogP contribution is 2.46. The Balaban J connectivity index is 1.46. The van der Waals surface area contributed by atoms with Gasteiger partial charge in [-0.1, -0.05) is 61.3 Å². The van der Waals surface area contributed by atoms with Gasteiger partial charge in [0.15, 0.2) is 0 Å². The summed E-state index contributed by atoms with van der Waals surface area (Å²) in [7, 11) is 1.58. The van der Waals surface area contributed by atoms with E-state index in [0.717, 1.165) is 10.9 Å². The fourth-order valence-corrected chi connectivity index (χ4v) is 6.01. The van der Waals surface area contributed by atoms with Crippen LogP contribution < -0.4 is 5.32 Å². The highest BCUT2D eigenvalue weighted by atomic mass is 35.5. The lowest BCUT2D eigenvalue weighted by atomic mass is 9.80. The van der Waals surface area contributed by atoms with E-state index < -0.39 is 23.4 Å². The van der Waals surface area contributed by atoms with Crippen molar-refractivity contribution in [3.05, 3.63) is 63.8 Å². The molecule has 10 heteroatoms. The molecule has 3 aromatic rings. The minimum atomic E-state index is -0.995. The Bertz CT molecular complexity index is 1510. The van der Waals surface area contributed by atoms with E-state index >= 15 is 0 Å². The molecular weight excluding hydrogens is 525 g/mol. The van der Waals surface area contributed by atoms with Crippen LogP contribution in [-0.4, -0.2) is 58.2 Å². The van der Waals surface area contributed by atoms with Crippen molar-refractivity contribution in [2.75, 3.05) is 18.9 Å². The number of halogens is 2. The largest absolute Gasteiger partial charge is 0.349 e. The number of para-hydroxylation sites is 1. The number of hydrogen-bond donors (Lipinski definition) is 2. The first-order valence-corrected chi connectivity index (χ1v) is 13.2. The van der Waals surface area contributed by atoms with Gasteiger partial charge in [-0.25, -0.2) is 0 Å². The van der Waals surface area contributed by atoms with Crippen LogP contribution in [0, 0.1) is 17.2 Å². The number of nitrogens with zero attached hydrogens (tertiary/aromatic N) is 3. The van der Waals surface area contributed by atoms with Gasteiger partial charge in [-0.2, -0.15) is 5.26 Å². The Hall–Kier alpha value is -3.54. The highest BCUT2D eigenvalue weighted by molar-refractivity contribution is 6.45. The van der Waals surface area contributed by atoms with E-state index in [4.69, 9.17) is 23.2 Å². The molecule has 196 valence electrons. The predicted molar refractivity (Wildman–Crippen MR) is 146 cm³/mol. The van der Waals surface area contributed by atoms with Crippen LogP contribution in [0.4, 0.5) is 5.69 Å². The van der Waals surface area contributed by atoms with Crippen molar-refractivity contribution in [1.82, 2.24) is 14.8 Å². The average Bonchev–Trinajstić information content (AvgIpc) is 3.58. The molecule has 2 aromatic carbocycles. The van der Waals surface area contributed by atoms with Crippen LogP contribution in [0.5, 0.6) is 0 Å². The van der Waals surface area contributed by atoms with Crippen molar-refractivity contribution < 1.29 is 14.4 Å².